The molecule has 0 aromatic rings. The fourth-order valence-corrected chi connectivity index (χ4v) is 10.8. The van der Waals surface area contributed by atoms with Gasteiger partial charge < -0.3 is 50.5 Å². The van der Waals surface area contributed by atoms with Crippen molar-refractivity contribution >= 4 is 5.91 Å². The first kappa shape index (κ1) is 74.3. The summed E-state index contributed by atoms with van der Waals surface area (Å²) in [5, 5.41) is 76.4. The number of carbonyl (C=O) groups excluding carboxylic acids is 1. The molecule has 1 rings (SSSR count). The van der Waals surface area contributed by atoms with Crippen LogP contribution in [0.4, 0.5) is 0 Å². The number of allylic oxidation sites excluding steroid dienone is 6. The fourth-order valence-electron chi connectivity index (χ4n) is 10.8. The van der Waals surface area contributed by atoms with E-state index in [-0.39, 0.29) is 12.8 Å². The number of hydrogen-bond donors (Lipinski definition) is 8. The average Bonchev–Trinajstić information content (AvgIpc) is 3.46. The van der Waals surface area contributed by atoms with Crippen molar-refractivity contribution in [2.45, 2.75) is 371 Å². The molecule has 1 aliphatic rings. The topological polar surface area (TPSA) is 189 Å². The Kier molecular flexibility index (Phi) is 53.2. The predicted octanol–water partition coefficient (Wildman–Crippen LogP) is 15.4. The highest BCUT2D eigenvalue weighted by Crippen LogP contribution is 2.24. The van der Waals surface area contributed by atoms with Gasteiger partial charge in [0, 0.05) is 0 Å². The number of unbranched alkanes of at least 4 members (excludes halogenated alkanes) is 40. The van der Waals surface area contributed by atoms with Crippen LogP contribution in [-0.2, 0) is 14.3 Å². The molecule has 1 fully saturated rings. The van der Waals surface area contributed by atoms with E-state index in [1.807, 2.05) is 0 Å². The monoisotopic (exact) mass is 1110 g/mol. The van der Waals surface area contributed by atoms with Gasteiger partial charge in [-0.25, -0.2) is 0 Å². The predicted molar refractivity (Wildman–Crippen MR) is 325 cm³/mol. The molecule has 1 heterocycles. The lowest BCUT2D eigenvalue weighted by Crippen LogP contribution is -2.60. The second-order valence-corrected chi connectivity index (χ2v) is 23.5. The minimum Gasteiger partial charge on any atom is -0.394 e. The van der Waals surface area contributed by atoms with Crippen LogP contribution in [0.5, 0.6) is 0 Å². The number of carbonyl (C=O) groups is 1. The summed E-state index contributed by atoms with van der Waals surface area (Å²) in [5.74, 6) is -0.707. The van der Waals surface area contributed by atoms with Crippen LogP contribution in [0.3, 0.4) is 0 Å². The number of ether oxygens (including phenoxy) is 2. The lowest BCUT2D eigenvalue weighted by molar-refractivity contribution is -0.303. The van der Waals surface area contributed by atoms with Crippen LogP contribution in [0, 0.1) is 0 Å². The molecule has 460 valence electrons. The SMILES string of the molecule is CCCCCCCCCCCCCCCCC/C=C/CC/C=C/CC/C=C/CCCC(O)C(O)C(COC1OC(CO)C(O)C(O)C1O)NC(=O)C(O)CCCCCCCCCCCCCCCCCCCCCCCCC. The Morgan fingerprint density at radius 2 is 0.769 bits per heavy atom. The van der Waals surface area contributed by atoms with Gasteiger partial charge >= 0.3 is 0 Å². The van der Waals surface area contributed by atoms with Crippen molar-refractivity contribution in [1.29, 1.82) is 0 Å². The van der Waals surface area contributed by atoms with Gasteiger partial charge in [0.1, 0.15) is 36.6 Å². The van der Waals surface area contributed by atoms with Gasteiger partial charge in [0.05, 0.1) is 25.4 Å². The van der Waals surface area contributed by atoms with Crippen molar-refractivity contribution in [3.63, 3.8) is 0 Å². The van der Waals surface area contributed by atoms with Crippen LogP contribution >= 0.6 is 0 Å². The Balaban J connectivity index is 2.27. The van der Waals surface area contributed by atoms with E-state index >= 15 is 0 Å². The molecule has 78 heavy (non-hydrogen) atoms. The molecule has 8 N–H and O–H groups in total. The van der Waals surface area contributed by atoms with Crippen LogP contribution in [0.15, 0.2) is 36.5 Å². The number of rotatable bonds is 58. The molecule has 0 spiro atoms. The molecule has 9 atom stereocenters. The first-order valence-corrected chi connectivity index (χ1v) is 33.4. The third-order valence-electron chi connectivity index (χ3n) is 16.2. The summed E-state index contributed by atoms with van der Waals surface area (Å²) in [7, 11) is 0. The number of nitrogens with one attached hydrogen (secondary N) is 1. The number of aliphatic hydroxyl groups excluding tert-OH is 7. The van der Waals surface area contributed by atoms with E-state index in [1.165, 1.54) is 225 Å². The summed E-state index contributed by atoms with van der Waals surface area (Å²) in [4.78, 5) is 13.2. The maximum Gasteiger partial charge on any atom is 0.249 e. The Hall–Kier alpha value is -1.67. The third-order valence-corrected chi connectivity index (χ3v) is 16.2. The molecule has 0 bridgehead atoms. The van der Waals surface area contributed by atoms with Crippen LogP contribution in [0.2, 0.25) is 0 Å². The molecule has 0 aliphatic carbocycles. The first-order valence-electron chi connectivity index (χ1n) is 33.4. The molecule has 9 unspecified atom stereocenters. The molecular weight excluding hydrogens is 979 g/mol. The molecule has 0 saturated carbocycles. The highest BCUT2D eigenvalue weighted by Gasteiger charge is 2.44. The molecule has 11 heteroatoms. The van der Waals surface area contributed by atoms with E-state index in [9.17, 15) is 40.5 Å². The van der Waals surface area contributed by atoms with Crippen LogP contribution in [-0.4, -0.2) is 110 Å². The molecule has 0 aromatic heterocycles. The lowest BCUT2D eigenvalue weighted by atomic mass is 9.98. The normalized spacial score (nSPS) is 19.6. The van der Waals surface area contributed by atoms with E-state index in [0.29, 0.717) is 19.3 Å². The fraction of sp³-hybridized carbons (Fsp3) is 0.896. The summed E-state index contributed by atoms with van der Waals surface area (Å²) in [6, 6.07) is -1.19. The highest BCUT2D eigenvalue weighted by molar-refractivity contribution is 5.80. The minimum absolute atomic E-state index is 0.243. The number of amides is 1. The van der Waals surface area contributed by atoms with Crippen molar-refractivity contribution < 1.29 is 50.0 Å². The van der Waals surface area contributed by atoms with Crippen LogP contribution < -0.4 is 5.32 Å². The summed E-state index contributed by atoms with van der Waals surface area (Å²) >= 11 is 0. The number of hydrogen-bond acceptors (Lipinski definition) is 10. The largest absolute Gasteiger partial charge is 0.394 e. The van der Waals surface area contributed by atoms with Gasteiger partial charge in [0.2, 0.25) is 5.91 Å². The van der Waals surface area contributed by atoms with Gasteiger partial charge in [-0.2, -0.15) is 0 Å². The molecule has 11 nitrogen and oxygen atoms in total. The second kappa shape index (κ2) is 55.8. The maximum absolute atomic E-state index is 13.2. The van der Waals surface area contributed by atoms with E-state index < -0.39 is 74.2 Å². The molecular formula is C67H127NO10. The maximum atomic E-state index is 13.2. The molecule has 0 radical (unpaired) electrons. The zero-order valence-corrected chi connectivity index (χ0v) is 50.7. The van der Waals surface area contributed by atoms with Gasteiger partial charge in [-0.3, -0.25) is 4.79 Å². The van der Waals surface area contributed by atoms with Crippen LogP contribution in [0.25, 0.3) is 0 Å². The van der Waals surface area contributed by atoms with Gasteiger partial charge in [-0.1, -0.05) is 288 Å². The molecule has 1 saturated heterocycles. The van der Waals surface area contributed by atoms with Crippen molar-refractivity contribution in [2.75, 3.05) is 13.2 Å². The summed E-state index contributed by atoms with van der Waals surface area (Å²) in [5.41, 5.74) is 0. The Morgan fingerprint density at radius 3 is 1.14 bits per heavy atom. The summed E-state index contributed by atoms with van der Waals surface area (Å²) in [6.45, 7) is 3.48. The summed E-state index contributed by atoms with van der Waals surface area (Å²) in [6.07, 6.45) is 59.3. The Bertz CT molecular complexity index is 1360. The van der Waals surface area contributed by atoms with Crippen molar-refractivity contribution in [2.24, 2.45) is 0 Å². The van der Waals surface area contributed by atoms with E-state index in [2.05, 4.69) is 55.6 Å². The molecule has 0 aromatic carbocycles. The third kappa shape index (κ3) is 43.1. The first-order chi connectivity index (χ1) is 38.2. The van der Waals surface area contributed by atoms with Gasteiger partial charge in [-0.05, 0) is 64.2 Å². The lowest BCUT2D eigenvalue weighted by Gasteiger charge is -2.40. The molecule has 1 amide bonds. The zero-order chi connectivity index (χ0) is 56.8. The smallest absolute Gasteiger partial charge is 0.249 e. The highest BCUT2D eigenvalue weighted by atomic mass is 16.7. The Labute approximate surface area is 479 Å². The van der Waals surface area contributed by atoms with Crippen molar-refractivity contribution in [3.05, 3.63) is 36.5 Å². The van der Waals surface area contributed by atoms with E-state index in [1.54, 1.807) is 0 Å². The van der Waals surface area contributed by atoms with Crippen LogP contribution in [0.1, 0.15) is 316 Å². The van der Waals surface area contributed by atoms with E-state index in [0.717, 1.165) is 44.9 Å². The Morgan fingerprint density at radius 1 is 0.436 bits per heavy atom. The quantitative estimate of drug-likeness (QED) is 0.0215. The van der Waals surface area contributed by atoms with Gasteiger partial charge in [0.15, 0.2) is 6.29 Å². The standard InChI is InChI=1S/C67H127NO10/c1-3-5-7-9-11-13-15-17-19-21-23-25-27-28-29-30-31-33-34-36-38-40-42-44-46-48-50-52-54-59(70)62(72)58(57-77-67-65(75)64(74)63(73)61(56-69)78-67)68-66(76)60(71)55-53-51-49-47-45-43-41-39-37-35-32-26-24-22-20-18-16-14-12-10-8-6-4-2/h31,33,38,40,46,48,58-65,67,69-75H,3-30,32,34-37,39,41-45,47,49-57H2,1-2H3,(H,68,76)/b33-31+,40-38+,48-46+. The van der Waals surface area contributed by atoms with Gasteiger partial charge in [0.25, 0.3) is 0 Å². The average molecular weight is 1110 g/mol. The van der Waals surface area contributed by atoms with Crippen molar-refractivity contribution in [3.8, 4) is 0 Å². The van der Waals surface area contributed by atoms with Gasteiger partial charge in [-0.15, -0.1) is 0 Å². The van der Waals surface area contributed by atoms with E-state index in [4.69, 9.17) is 9.47 Å². The molecule has 1 aliphatic heterocycles. The minimum atomic E-state index is -1.67. The zero-order valence-electron chi connectivity index (χ0n) is 50.7. The number of aliphatic hydroxyl groups is 7. The summed E-state index contributed by atoms with van der Waals surface area (Å²) < 4.78 is 11.2. The second-order valence-electron chi connectivity index (χ2n) is 23.5. The van der Waals surface area contributed by atoms with Crippen molar-refractivity contribution in [1.82, 2.24) is 5.32 Å².